The number of rotatable bonds is 7. The fourth-order valence-corrected chi connectivity index (χ4v) is 1.97. The Morgan fingerprint density at radius 3 is 2.00 bits per heavy atom. The minimum Gasteiger partial charge on any atom is -0.493 e. The summed E-state index contributed by atoms with van der Waals surface area (Å²) in [5, 5.41) is 0. The van der Waals surface area contributed by atoms with Gasteiger partial charge < -0.3 is 24.7 Å². The van der Waals surface area contributed by atoms with Crippen molar-refractivity contribution in [2.45, 2.75) is 6.42 Å². The van der Waals surface area contributed by atoms with E-state index in [0.717, 1.165) is 5.56 Å². The summed E-state index contributed by atoms with van der Waals surface area (Å²) in [6, 6.07) is 3.60. The topological polar surface area (TPSA) is 80.0 Å². The van der Waals surface area contributed by atoms with E-state index in [1.807, 2.05) is 0 Å². The Balaban J connectivity index is 3.09. The van der Waals surface area contributed by atoms with Crippen LogP contribution in [0.25, 0.3) is 0 Å². The second-order valence-corrected chi connectivity index (χ2v) is 4.19. The Labute approximate surface area is 118 Å². The van der Waals surface area contributed by atoms with Crippen LogP contribution >= 0.6 is 0 Å². The summed E-state index contributed by atoms with van der Waals surface area (Å²) < 4.78 is 20.5. The van der Waals surface area contributed by atoms with Crippen LogP contribution in [0.4, 0.5) is 0 Å². The molecule has 20 heavy (non-hydrogen) atoms. The van der Waals surface area contributed by atoms with Crippen molar-refractivity contribution < 1.29 is 23.7 Å². The van der Waals surface area contributed by atoms with Crippen LogP contribution in [0, 0.1) is 5.92 Å². The molecule has 0 aliphatic carbocycles. The average Bonchev–Trinajstić information content (AvgIpc) is 2.50. The van der Waals surface area contributed by atoms with Crippen LogP contribution in [0.2, 0.25) is 0 Å². The molecule has 1 atom stereocenters. The summed E-state index contributed by atoms with van der Waals surface area (Å²) in [4.78, 5) is 11.6. The maximum Gasteiger partial charge on any atom is 0.310 e. The lowest BCUT2D eigenvalue weighted by Crippen LogP contribution is -2.26. The van der Waals surface area contributed by atoms with E-state index in [1.54, 1.807) is 26.4 Å². The summed E-state index contributed by atoms with van der Waals surface area (Å²) >= 11 is 0. The minimum absolute atomic E-state index is 0.212. The number of carbonyl (C=O) groups is 1. The van der Waals surface area contributed by atoms with E-state index in [0.29, 0.717) is 23.7 Å². The van der Waals surface area contributed by atoms with E-state index < -0.39 is 5.92 Å². The molecule has 0 bridgehead atoms. The Morgan fingerprint density at radius 2 is 1.65 bits per heavy atom. The number of nitrogens with two attached hydrogens (primary N) is 1. The van der Waals surface area contributed by atoms with E-state index in [4.69, 9.17) is 24.7 Å². The fourth-order valence-electron chi connectivity index (χ4n) is 1.97. The quantitative estimate of drug-likeness (QED) is 0.752. The van der Waals surface area contributed by atoms with Gasteiger partial charge in [0.2, 0.25) is 5.75 Å². The zero-order valence-electron chi connectivity index (χ0n) is 12.3. The van der Waals surface area contributed by atoms with Crippen LogP contribution in [0.15, 0.2) is 12.1 Å². The molecular weight excluding hydrogens is 262 g/mol. The number of esters is 1. The first-order valence-corrected chi connectivity index (χ1v) is 6.18. The van der Waals surface area contributed by atoms with Crippen molar-refractivity contribution in [3.05, 3.63) is 17.7 Å². The molecule has 0 aliphatic rings. The molecule has 1 rings (SSSR count). The standard InChI is InChI=1S/C14H21NO5/c1-17-11-6-9(5-10(8-15)14(16)20-4)7-12(18-2)13(11)19-3/h6-7,10H,5,8,15H2,1-4H3. The maximum absolute atomic E-state index is 11.6. The van der Waals surface area contributed by atoms with Gasteiger partial charge in [-0.1, -0.05) is 0 Å². The van der Waals surface area contributed by atoms with E-state index in [9.17, 15) is 4.79 Å². The molecule has 0 amide bonds. The highest BCUT2D eigenvalue weighted by molar-refractivity contribution is 5.73. The van der Waals surface area contributed by atoms with Gasteiger partial charge in [0.05, 0.1) is 34.4 Å². The first-order chi connectivity index (χ1) is 9.60. The molecule has 0 radical (unpaired) electrons. The third kappa shape index (κ3) is 3.54. The van der Waals surface area contributed by atoms with Gasteiger partial charge in [-0.05, 0) is 24.1 Å². The summed E-state index contributed by atoms with van der Waals surface area (Å²) in [6.07, 6.45) is 0.444. The predicted octanol–water partition coefficient (Wildman–Crippen LogP) is 1.00. The number of benzene rings is 1. The van der Waals surface area contributed by atoms with Crippen molar-refractivity contribution in [2.75, 3.05) is 35.0 Å². The van der Waals surface area contributed by atoms with Gasteiger partial charge in [-0.3, -0.25) is 4.79 Å². The third-order valence-electron chi connectivity index (χ3n) is 3.03. The molecule has 0 saturated carbocycles. The Morgan fingerprint density at radius 1 is 1.10 bits per heavy atom. The average molecular weight is 283 g/mol. The largest absolute Gasteiger partial charge is 0.493 e. The molecule has 1 aromatic rings. The highest BCUT2D eigenvalue weighted by atomic mass is 16.5. The lowest BCUT2D eigenvalue weighted by atomic mass is 9.99. The Hall–Kier alpha value is -1.95. The lowest BCUT2D eigenvalue weighted by Gasteiger charge is -2.16. The van der Waals surface area contributed by atoms with Crippen molar-refractivity contribution in [3.63, 3.8) is 0 Å². The summed E-state index contributed by atoms with van der Waals surface area (Å²) in [5.41, 5.74) is 6.47. The van der Waals surface area contributed by atoms with Crippen molar-refractivity contribution in [3.8, 4) is 17.2 Å². The smallest absolute Gasteiger partial charge is 0.310 e. The molecule has 0 aromatic heterocycles. The van der Waals surface area contributed by atoms with Gasteiger partial charge in [-0.2, -0.15) is 0 Å². The highest BCUT2D eigenvalue weighted by Gasteiger charge is 2.20. The molecule has 0 aliphatic heterocycles. The number of ether oxygens (including phenoxy) is 4. The van der Waals surface area contributed by atoms with Gasteiger partial charge in [0, 0.05) is 6.54 Å². The van der Waals surface area contributed by atoms with Gasteiger partial charge in [0.25, 0.3) is 0 Å². The number of hydrogen-bond donors (Lipinski definition) is 1. The zero-order valence-corrected chi connectivity index (χ0v) is 12.3. The first-order valence-electron chi connectivity index (χ1n) is 6.18. The summed E-state index contributed by atoms with van der Waals surface area (Å²) in [5.74, 6) is 0.871. The second-order valence-electron chi connectivity index (χ2n) is 4.19. The summed E-state index contributed by atoms with van der Waals surface area (Å²) in [7, 11) is 5.97. The SMILES string of the molecule is COC(=O)C(CN)Cc1cc(OC)c(OC)c(OC)c1. The van der Waals surface area contributed by atoms with Crippen molar-refractivity contribution in [1.29, 1.82) is 0 Å². The minimum atomic E-state index is -0.400. The van der Waals surface area contributed by atoms with E-state index >= 15 is 0 Å². The molecule has 0 heterocycles. The zero-order chi connectivity index (χ0) is 15.1. The molecule has 2 N–H and O–H groups in total. The van der Waals surface area contributed by atoms with E-state index in [-0.39, 0.29) is 12.5 Å². The normalized spacial score (nSPS) is 11.7. The molecular formula is C14H21NO5. The molecule has 1 unspecified atom stereocenters. The number of methoxy groups -OCH3 is 4. The van der Waals surface area contributed by atoms with Crippen LogP contribution in [-0.4, -0.2) is 41.0 Å². The van der Waals surface area contributed by atoms with Crippen LogP contribution < -0.4 is 19.9 Å². The van der Waals surface area contributed by atoms with Gasteiger partial charge in [0.15, 0.2) is 11.5 Å². The Bertz CT molecular complexity index is 436. The third-order valence-corrected chi connectivity index (χ3v) is 3.03. The van der Waals surface area contributed by atoms with Crippen molar-refractivity contribution in [2.24, 2.45) is 11.7 Å². The van der Waals surface area contributed by atoms with Gasteiger partial charge in [-0.25, -0.2) is 0 Å². The van der Waals surface area contributed by atoms with Crippen molar-refractivity contribution >= 4 is 5.97 Å². The monoisotopic (exact) mass is 283 g/mol. The van der Waals surface area contributed by atoms with Crippen LogP contribution in [0.3, 0.4) is 0 Å². The van der Waals surface area contributed by atoms with Crippen LogP contribution in [0.1, 0.15) is 5.56 Å². The summed E-state index contributed by atoms with van der Waals surface area (Å²) in [6.45, 7) is 0.212. The molecule has 6 heteroatoms. The molecule has 1 aromatic carbocycles. The van der Waals surface area contributed by atoms with Crippen LogP contribution in [0.5, 0.6) is 17.2 Å². The fraction of sp³-hybridized carbons (Fsp3) is 0.500. The van der Waals surface area contributed by atoms with Crippen LogP contribution in [-0.2, 0) is 16.0 Å². The maximum atomic E-state index is 11.6. The van der Waals surface area contributed by atoms with E-state index in [1.165, 1.54) is 14.2 Å². The van der Waals surface area contributed by atoms with Gasteiger partial charge in [0.1, 0.15) is 0 Å². The number of hydrogen-bond acceptors (Lipinski definition) is 6. The highest BCUT2D eigenvalue weighted by Crippen LogP contribution is 2.38. The van der Waals surface area contributed by atoms with Gasteiger partial charge >= 0.3 is 5.97 Å². The second kappa shape index (κ2) is 7.59. The molecule has 112 valence electrons. The molecule has 0 fully saturated rings. The molecule has 0 spiro atoms. The molecule has 6 nitrogen and oxygen atoms in total. The molecule has 0 saturated heterocycles. The number of carbonyl (C=O) groups excluding carboxylic acids is 1. The first kappa shape index (κ1) is 16.1. The predicted molar refractivity (Wildman–Crippen MR) is 74.4 cm³/mol. The lowest BCUT2D eigenvalue weighted by molar-refractivity contribution is -0.145. The van der Waals surface area contributed by atoms with E-state index in [2.05, 4.69) is 0 Å². The van der Waals surface area contributed by atoms with Gasteiger partial charge in [-0.15, -0.1) is 0 Å². The Kier molecular flexibility index (Phi) is 6.11. The van der Waals surface area contributed by atoms with Crippen molar-refractivity contribution in [1.82, 2.24) is 0 Å².